The van der Waals surface area contributed by atoms with E-state index in [0.29, 0.717) is 0 Å². The largest absolute Gasteiger partial charge is 0.427 e. The molecular weight excluding hydrogens is 366 g/mol. The van der Waals surface area contributed by atoms with Crippen LogP contribution in [0.2, 0.25) is 0 Å². The van der Waals surface area contributed by atoms with Gasteiger partial charge >= 0.3 is 12.2 Å². The number of aromatic nitrogens is 2. The first-order chi connectivity index (χ1) is 8.41. The molecular formula is C9H5F3IN3O2. The molecule has 0 aliphatic rings. The zero-order valence-corrected chi connectivity index (χ0v) is 10.7. The number of halogens is 4. The predicted molar refractivity (Wildman–Crippen MR) is 63.8 cm³/mol. The Labute approximate surface area is 113 Å². The minimum Gasteiger partial charge on any atom is -0.427 e. The first-order valence-corrected chi connectivity index (χ1v) is 5.39. The zero-order valence-electron chi connectivity index (χ0n) is 8.53. The molecule has 2 aromatic rings. The maximum absolute atomic E-state index is 12.8. The second-order valence-corrected chi connectivity index (χ2v) is 3.68. The van der Waals surface area contributed by atoms with Crippen molar-refractivity contribution in [2.75, 3.05) is 5.73 Å². The molecule has 0 atom stereocenters. The van der Waals surface area contributed by atoms with E-state index in [2.05, 4.69) is 17.7 Å². The lowest BCUT2D eigenvalue weighted by molar-refractivity contribution is -0.138. The first-order valence-electron chi connectivity index (χ1n) is 4.51. The zero-order chi connectivity index (χ0) is 13.3. The van der Waals surface area contributed by atoms with Crippen LogP contribution in [0.5, 0.6) is 5.75 Å². The molecule has 9 heteroatoms. The molecule has 0 bridgehead atoms. The molecule has 18 heavy (non-hydrogen) atoms. The third-order valence-electron chi connectivity index (χ3n) is 2.07. The summed E-state index contributed by atoms with van der Waals surface area (Å²) < 4.78 is 47.4. The van der Waals surface area contributed by atoms with E-state index < -0.39 is 11.7 Å². The summed E-state index contributed by atoms with van der Waals surface area (Å²) in [6.07, 6.45) is -4.54. The van der Waals surface area contributed by atoms with Crippen LogP contribution in [0.3, 0.4) is 0 Å². The number of anilines is 1. The van der Waals surface area contributed by atoms with Crippen molar-refractivity contribution in [1.29, 1.82) is 0 Å². The Kier molecular flexibility index (Phi) is 3.32. The lowest BCUT2D eigenvalue weighted by Gasteiger charge is -2.11. The molecule has 0 radical (unpaired) electrons. The van der Waals surface area contributed by atoms with Gasteiger partial charge in [-0.1, -0.05) is 5.16 Å². The lowest BCUT2D eigenvalue weighted by Crippen LogP contribution is -2.06. The molecule has 0 spiro atoms. The Morgan fingerprint density at radius 1 is 1.33 bits per heavy atom. The Morgan fingerprint density at radius 3 is 2.56 bits per heavy atom. The summed E-state index contributed by atoms with van der Waals surface area (Å²) in [6.45, 7) is 0. The van der Waals surface area contributed by atoms with Gasteiger partial charge in [0.15, 0.2) is 23.0 Å². The lowest BCUT2D eigenvalue weighted by atomic mass is 10.1. The molecule has 2 N–H and O–H groups in total. The normalized spacial score (nSPS) is 11.6. The highest BCUT2D eigenvalue weighted by Crippen LogP contribution is 2.39. The van der Waals surface area contributed by atoms with E-state index in [9.17, 15) is 13.2 Å². The Morgan fingerprint density at radius 2 is 2.06 bits per heavy atom. The van der Waals surface area contributed by atoms with E-state index in [4.69, 9.17) is 5.73 Å². The smallest absolute Gasteiger partial charge is 0.420 e. The van der Waals surface area contributed by atoms with Crippen LogP contribution < -0.4 is 8.80 Å². The molecule has 5 nitrogen and oxygen atoms in total. The van der Waals surface area contributed by atoms with Crippen LogP contribution in [0.15, 0.2) is 22.7 Å². The molecule has 0 saturated heterocycles. The van der Waals surface area contributed by atoms with Gasteiger partial charge in [-0.2, -0.15) is 18.2 Å². The topological polar surface area (TPSA) is 74.2 Å². The van der Waals surface area contributed by atoms with Gasteiger partial charge in [0.25, 0.3) is 0 Å². The Bertz CT molecular complexity index is 570. The van der Waals surface area contributed by atoms with Gasteiger partial charge in [-0.25, -0.2) is 0 Å². The summed E-state index contributed by atoms with van der Waals surface area (Å²) in [7, 11) is 0. The summed E-state index contributed by atoms with van der Waals surface area (Å²) in [6, 6.07) is 3.22. The number of hydrogen-bond acceptors (Lipinski definition) is 5. The van der Waals surface area contributed by atoms with Crippen molar-refractivity contribution in [3.8, 4) is 17.1 Å². The number of benzene rings is 1. The fourth-order valence-corrected chi connectivity index (χ4v) is 1.69. The molecule has 0 fully saturated rings. The fraction of sp³-hybridized carbons (Fsp3) is 0.111. The predicted octanol–water partition coefficient (Wildman–Crippen LogP) is 3.07. The third kappa shape index (κ3) is 2.49. The van der Waals surface area contributed by atoms with E-state index in [1.807, 2.05) is 0 Å². The van der Waals surface area contributed by atoms with E-state index >= 15 is 0 Å². The van der Waals surface area contributed by atoms with Gasteiger partial charge in [-0.3, -0.25) is 0 Å². The van der Waals surface area contributed by atoms with Crippen LogP contribution in [-0.4, -0.2) is 10.1 Å². The van der Waals surface area contributed by atoms with Crippen molar-refractivity contribution in [2.45, 2.75) is 6.18 Å². The van der Waals surface area contributed by atoms with Gasteiger partial charge in [0.2, 0.25) is 5.82 Å². The monoisotopic (exact) mass is 371 g/mol. The standard InChI is InChI=1S/C9H5F3IN3O2/c10-9(11,12)5-3-4(1-2-6(5)17-13)7-15-8(14)18-16-7/h1-3H,(H2,14,15,16). The number of nitrogens with zero attached hydrogens (tertiary/aromatic N) is 2. The van der Waals surface area contributed by atoms with Crippen LogP contribution in [0.25, 0.3) is 11.4 Å². The van der Waals surface area contributed by atoms with Crippen LogP contribution in [0.4, 0.5) is 19.2 Å². The van der Waals surface area contributed by atoms with Crippen LogP contribution in [-0.2, 0) is 6.18 Å². The van der Waals surface area contributed by atoms with Gasteiger partial charge in [-0.15, -0.1) is 0 Å². The number of nitrogen functional groups attached to an aromatic ring is 1. The summed E-state index contributed by atoms with van der Waals surface area (Å²) in [4.78, 5) is 3.65. The van der Waals surface area contributed by atoms with Crippen molar-refractivity contribution < 1.29 is 20.8 Å². The van der Waals surface area contributed by atoms with Gasteiger partial charge in [-0.05, 0) is 18.2 Å². The Balaban J connectivity index is 2.52. The number of rotatable bonds is 2. The minimum atomic E-state index is -4.54. The summed E-state index contributed by atoms with van der Waals surface area (Å²) in [5, 5.41) is 3.44. The van der Waals surface area contributed by atoms with Gasteiger partial charge in [0.05, 0.1) is 5.56 Å². The fourth-order valence-electron chi connectivity index (χ4n) is 1.31. The molecule has 0 amide bonds. The summed E-state index contributed by atoms with van der Waals surface area (Å²) >= 11 is 1.38. The van der Waals surface area contributed by atoms with Crippen molar-refractivity contribution >= 4 is 29.0 Å². The minimum absolute atomic E-state index is 0.0157. The van der Waals surface area contributed by atoms with Crippen molar-refractivity contribution in [3.63, 3.8) is 0 Å². The molecule has 1 heterocycles. The first kappa shape index (κ1) is 12.9. The van der Waals surface area contributed by atoms with Crippen LogP contribution in [0, 0.1) is 0 Å². The Hall–Kier alpha value is -1.52. The molecule has 0 aliphatic heterocycles. The van der Waals surface area contributed by atoms with E-state index in [1.54, 1.807) is 0 Å². The third-order valence-corrected chi connectivity index (χ3v) is 2.54. The van der Waals surface area contributed by atoms with E-state index in [0.717, 1.165) is 6.07 Å². The van der Waals surface area contributed by atoms with Crippen molar-refractivity contribution in [1.82, 2.24) is 10.1 Å². The number of nitrogens with two attached hydrogens (primary N) is 1. The highest BCUT2D eigenvalue weighted by molar-refractivity contribution is 14.1. The molecule has 1 aromatic carbocycles. The quantitative estimate of drug-likeness (QED) is 0.822. The van der Waals surface area contributed by atoms with Gasteiger partial charge in [0.1, 0.15) is 5.75 Å². The number of hydrogen-bond donors (Lipinski definition) is 1. The molecule has 96 valence electrons. The molecule has 1 aromatic heterocycles. The number of alkyl halides is 3. The van der Waals surface area contributed by atoms with Gasteiger partial charge < -0.3 is 13.3 Å². The molecule has 2 rings (SSSR count). The average Bonchev–Trinajstić information content (AvgIpc) is 2.74. The van der Waals surface area contributed by atoms with E-state index in [1.165, 1.54) is 35.1 Å². The van der Waals surface area contributed by atoms with E-state index in [-0.39, 0.29) is 23.2 Å². The maximum atomic E-state index is 12.8. The second kappa shape index (κ2) is 4.63. The second-order valence-electron chi connectivity index (χ2n) is 3.24. The summed E-state index contributed by atoms with van der Waals surface area (Å²) in [5.74, 6) is -0.304. The molecule has 0 saturated carbocycles. The van der Waals surface area contributed by atoms with Crippen molar-refractivity contribution in [3.05, 3.63) is 23.8 Å². The van der Waals surface area contributed by atoms with Crippen LogP contribution >= 0.6 is 23.0 Å². The average molecular weight is 371 g/mol. The molecule has 0 aliphatic carbocycles. The maximum Gasteiger partial charge on any atom is 0.420 e. The SMILES string of the molecule is Nc1nc(-c2ccc(OI)c(C(F)(F)F)c2)no1. The van der Waals surface area contributed by atoms with Crippen LogP contribution in [0.1, 0.15) is 5.56 Å². The summed E-state index contributed by atoms with van der Waals surface area (Å²) in [5.41, 5.74) is 4.43. The van der Waals surface area contributed by atoms with Crippen molar-refractivity contribution in [2.24, 2.45) is 0 Å². The highest BCUT2D eigenvalue weighted by atomic mass is 127. The highest BCUT2D eigenvalue weighted by Gasteiger charge is 2.35. The van der Waals surface area contributed by atoms with Gasteiger partial charge in [0, 0.05) is 5.56 Å². The molecule has 0 unspecified atom stereocenters.